The number of aryl methyl sites for hydroxylation is 4. The van der Waals surface area contributed by atoms with Gasteiger partial charge in [-0.3, -0.25) is 14.3 Å². The molecule has 0 aliphatic heterocycles. The van der Waals surface area contributed by atoms with Gasteiger partial charge < -0.3 is 10.1 Å². The third-order valence-corrected chi connectivity index (χ3v) is 5.53. The summed E-state index contributed by atoms with van der Waals surface area (Å²) in [5.74, 6) is -0.567. The van der Waals surface area contributed by atoms with Gasteiger partial charge in [-0.2, -0.15) is 5.10 Å². The molecule has 0 saturated carbocycles. The molecule has 0 unspecified atom stereocenters. The van der Waals surface area contributed by atoms with Crippen LogP contribution in [-0.4, -0.2) is 34.0 Å². The fourth-order valence-corrected chi connectivity index (χ4v) is 3.86. The van der Waals surface area contributed by atoms with Crippen molar-refractivity contribution in [2.24, 2.45) is 7.05 Å². The summed E-state index contributed by atoms with van der Waals surface area (Å²) in [4.78, 5) is 25.0. The number of hydrogen-bond acceptors (Lipinski definition) is 5. The van der Waals surface area contributed by atoms with Gasteiger partial charge in [-0.05, 0) is 56.4 Å². The summed E-state index contributed by atoms with van der Waals surface area (Å²) in [6.07, 6.45) is 3.46. The molecule has 0 atom stereocenters. The van der Waals surface area contributed by atoms with Gasteiger partial charge in [0.2, 0.25) is 0 Å². The summed E-state index contributed by atoms with van der Waals surface area (Å²) in [5.41, 5.74) is 5.05. The van der Waals surface area contributed by atoms with Crippen LogP contribution in [0.15, 0.2) is 23.1 Å². The number of hydrogen-bond donors (Lipinski definition) is 1. The van der Waals surface area contributed by atoms with Crippen molar-refractivity contribution in [3.63, 3.8) is 0 Å². The second kappa shape index (κ2) is 7.95. The molecule has 0 radical (unpaired) electrons. The molecule has 2 aromatic rings. The topological polar surface area (TPSA) is 73.2 Å². The molecule has 138 valence electrons. The number of benzene rings is 1. The van der Waals surface area contributed by atoms with E-state index >= 15 is 0 Å². The number of ether oxygens (including phenoxy) is 1. The highest BCUT2D eigenvalue weighted by Crippen LogP contribution is 2.27. The van der Waals surface area contributed by atoms with Crippen molar-refractivity contribution in [2.75, 3.05) is 17.7 Å². The van der Waals surface area contributed by atoms with Gasteiger partial charge in [-0.25, -0.2) is 0 Å². The summed E-state index contributed by atoms with van der Waals surface area (Å²) >= 11 is 1.44. The summed E-state index contributed by atoms with van der Waals surface area (Å²) in [5, 5.41) is 6.99. The van der Waals surface area contributed by atoms with Crippen LogP contribution in [-0.2, 0) is 34.2 Å². The molecule has 1 aliphatic rings. The number of carbonyl (C=O) groups excluding carboxylic acids is 2. The van der Waals surface area contributed by atoms with Crippen molar-refractivity contribution in [2.45, 2.75) is 38.0 Å². The number of carbonyl (C=O) groups is 2. The van der Waals surface area contributed by atoms with Crippen LogP contribution in [0, 0.1) is 13.8 Å². The highest BCUT2D eigenvalue weighted by Gasteiger charge is 2.15. The van der Waals surface area contributed by atoms with Crippen molar-refractivity contribution < 1.29 is 14.3 Å². The zero-order valence-electron chi connectivity index (χ0n) is 15.3. The summed E-state index contributed by atoms with van der Waals surface area (Å²) in [7, 11) is 1.81. The van der Waals surface area contributed by atoms with E-state index < -0.39 is 5.97 Å². The van der Waals surface area contributed by atoms with Gasteiger partial charge in [-0.1, -0.05) is 6.07 Å². The van der Waals surface area contributed by atoms with Crippen LogP contribution in [0.2, 0.25) is 0 Å². The number of thioether (sulfide) groups is 1. The van der Waals surface area contributed by atoms with Crippen LogP contribution in [0.25, 0.3) is 0 Å². The van der Waals surface area contributed by atoms with Crippen molar-refractivity contribution in [3.8, 4) is 0 Å². The molecule has 0 saturated heterocycles. The lowest BCUT2D eigenvalue weighted by atomic mass is 10.1. The van der Waals surface area contributed by atoms with Gasteiger partial charge >= 0.3 is 5.97 Å². The molecule has 1 aromatic heterocycles. The van der Waals surface area contributed by atoms with Gasteiger partial charge in [0, 0.05) is 11.9 Å². The van der Waals surface area contributed by atoms with Crippen LogP contribution in [0.4, 0.5) is 5.69 Å². The maximum absolute atomic E-state index is 12.0. The molecule has 7 heteroatoms. The van der Waals surface area contributed by atoms with E-state index in [4.69, 9.17) is 4.74 Å². The molecule has 1 amide bonds. The smallest absolute Gasteiger partial charge is 0.316 e. The number of fused-ring (bicyclic) bond motifs is 1. The van der Waals surface area contributed by atoms with Gasteiger partial charge in [-0.15, -0.1) is 11.8 Å². The summed E-state index contributed by atoms with van der Waals surface area (Å²) < 4.78 is 6.78. The second-order valence-electron chi connectivity index (χ2n) is 6.45. The Balaban J connectivity index is 1.44. The average molecular weight is 373 g/mol. The molecule has 3 rings (SSSR count). The number of rotatable bonds is 6. The number of esters is 1. The first-order valence-corrected chi connectivity index (χ1v) is 9.63. The van der Waals surface area contributed by atoms with Crippen molar-refractivity contribution in [3.05, 3.63) is 40.7 Å². The fourth-order valence-electron chi connectivity index (χ4n) is 3.10. The third-order valence-electron chi connectivity index (χ3n) is 4.56. The van der Waals surface area contributed by atoms with E-state index in [1.54, 1.807) is 4.68 Å². The molecular weight excluding hydrogens is 350 g/mol. The minimum absolute atomic E-state index is 0.191. The highest BCUT2D eigenvalue weighted by atomic mass is 32.2. The van der Waals surface area contributed by atoms with Crippen LogP contribution in [0.5, 0.6) is 0 Å². The van der Waals surface area contributed by atoms with Crippen LogP contribution in [0.3, 0.4) is 0 Å². The zero-order chi connectivity index (χ0) is 18.7. The van der Waals surface area contributed by atoms with E-state index in [0.717, 1.165) is 29.1 Å². The van der Waals surface area contributed by atoms with Crippen LogP contribution in [0.1, 0.15) is 28.9 Å². The molecule has 1 aliphatic carbocycles. The second-order valence-corrected chi connectivity index (χ2v) is 7.50. The van der Waals surface area contributed by atoms with Crippen LogP contribution >= 0.6 is 11.8 Å². The zero-order valence-corrected chi connectivity index (χ0v) is 16.1. The first-order valence-electron chi connectivity index (χ1n) is 8.64. The molecule has 26 heavy (non-hydrogen) atoms. The first-order chi connectivity index (χ1) is 12.4. The summed E-state index contributed by atoms with van der Waals surface area (Å²) in [6.45, 7) is 3.40. The first kappa shape index (κ1) is 18.5. The average Bonchev–Trinajstić information content (AvgIpc) is 3.17. The van der Waals surface area contributed by atoms with Gasteiger partial charge in [0.05, 0.1) is 22.8 Å². The normalized spacial score (nSPS) is 12.7. The minimum Gasteiger partial charge on any atom is -0.455 e. The predicted molar refractivity (Wildman–Crippen MR) is 101 cm³/mol. The Kier molecular flexibility index (Phi) is 5.66. The Morgan fingerprint density at radius 2 is 2.04 bits per heavy atom. The lowest BCUT2D eigenvalue weighted by Crippen LogP contribution is -2.22. The number of nitrogens with zero attached hydrogens (tertiary/aromatic N) is 2. The van der Waals surface area contributed by atoms with E-state index in [1.807, 2.05) is 27.0 Å². The van der Waals surface area contributed by atoms with Crippen LogP contribution < -0.4 is 5.32 Å². The van der Waals surface area contributed by atoms with E-state index in [1.165, 1.54) is 29.3 Å². The number of nitrogens with one attached hydrogen (secondary N) is 1. The van der Waals surface area contributed by atoms with Crippen molar-refractivity contribution in [1.29, 1.82) is 0 Å². The highest BCUT2D eigenvalue weighted by molar-refractivity contribution is 8.00. The quantitative estimate of drug-likeness (QED) is 0.623. The van der Waals surface area contributed by atoms with E-state index in [9.17, 15) is 9.59 Å². The monoisotopic (exact) mass is 373 g/mol. The lowest BCUT2D eigenvalue weighted by Gasteiger charge is -2.08. The SMILES string of the molecule is Cc1nn(C)c(C)c1NC(=O)COC(=O)CSc1ccc2c(c1)CCC2. The Bertz CT molecular complexity index is 845. The van der Waals surface area contributed by atoms with Crippen molar-refractivity contribution in [1.82, 2.24) is 9.78 Å². The molecule has 1 N–H and O–H groups in total. The minimum atomic E-state index is -0.398. The maximum atomic E-state index is 12.0. The largest absolute Gasteiger partial charge is 0.455 e. The third kappa shape index (κ3) is 4.27. The van der Waals surface area contributed by atoms with E-state index in [2.05, 4.69) is 22.5 Å². The number of anilines is 1. The lowest BCUT2D eigenvalue weighted by molar-refractivity contribution is -0.144. The molecule has 0 bridgehead atoms. The molecule has 0 spiro atoms. The summed E-state index contributed by atoms with van der Waals surface area (Å²) in [6, 6.07) is 6.34. The molecule has 1 aromatic carbocycles. The molecular formula is C19H23N3O3S. The van der Waals surface area contributed by atoms with Gasteiger partial charge in [0.25, 0.3) is 5.91 Å². The number of aromatic nitrogens is 2. The Hall–Kier alpha value is -2.28. The molecule has 0 fully saturated rings. The molecule has 1 heterocycles. The van der Waals surface area contributed by atoms with Gasteiger partial charge in [0.15, 0.2) is 6.61 Å². The Morgan fingerprint density at radius 1 is 1.27 bits per heavy atom. The Labute approximate surface area is 157 Å². The van der Waals surface area contributed by atoms with Gasteiger partial charge in [0.1, 0.15) is 0 Å². The molecule has 6 nitrogen and oxygen atoms in total. The van der Waals surface area contributed by atoms with Crippen molar-refractivity contribution >= 4 is 29.3 Å². The fraction of sp³-hybridized carbons (Fsp3) is 0.421. The van der Waals surface area contributed by atoms with E-state index in [0.29, 0.717) is 5.69 Å². The standard InChI is InChI=1S/C19H23N3O3S/c1-12-19(13(2)22(3)21-12)20-17(23)10-25-18(24)11-26-16-8-7-14-5-4-6-15(14)9-16/h7-9H,4-6,10-11H2,1-3H3,(H,20,23). The maximum Gasteiger partial charge on any atom is 0.316 e. The predicted octanol–water partition coefficient (Wildman–Crippen LogP) is 2.80. The Morgan fingerprint density at radius 3 is 2.77 bits per heavy atom. The number of amides is 1. The van der Waals surface area contributed by atoms with E-state index in [-0.39, 0.29) is 18.3 Å².